The van der Waals surface area contributed by atoms with Gasteiger partial charge in [0.2, 0.25) is 0 Å². The smallest absolute Gasteiger partial charge is 0.380 e. The van der Waals surface area contributed by atoms with Gasteiger partial charge in [0.1, 0.15) is 11.6 Å². The number of hydrogen-bond acceptors (Lipinski definition) is 4. The quantitative estimate of drug-likeness (QED) is 0.156. The monoisotopic (exact) mass is 692 g/mol. The van der Waals surface area contributed by atoms with Crippen LogP contribution in [0.15, 0.2) is 30.3 Å². The van der Waals surface area contributed by atoms with Crippen molar-refractivity contribution in [3.63, 3.8) is 0 Å². The fraction of sp³-hybridized carbons (Fsp3) is 0.429. The second kappa shape index (κ2) is 12.0. The standard InChI is InChI=1S/C28H27F6IN4S/c1-16-9-21-20-4-3-17(5-8-40-35)10-24(20)37-26(21)27(39(16)15-28(32,33)34)25-22(30)11-18(12-23(25)31)36-19-13-38(14-19)7-2-6-29/h3-4,10-12,16,19,27,36-37H,2,6-7,9,13-15H2,1H3/t16-,27-/m1/s1. The Morgan fingerprint density at radius 2 is 1.88 bits per heavy atom. The van der Waals surface area contributed by atoms with Crippen LogP contribution >= 0.6 is 30.1 Å². The van der Waals surface area contributed by atoms with Crippen molar-refractivity contribution >= 4 is 46.7 Å². The molecule has 0 unspecified atom stereocenters. The molecule has 2 aliphatic rings. The number of alkyl halides is 4. The third kappa shape index (κ3) is 6.22. The number of H-pyrrole nitrogens is 1. The number of fused-ring (bicyclic) bond motifs is 3. The molecule has 1 aromatic heterocycles. The summed E-state index contributed by atoms with van der Waals surface area (Å²) in [5.41, 5.74) is 2.27. The molecule has 2 atom stereocenters. The van der Waals surface area contributed by atoms with Gasteiger partial charge in [-0.2, -0.15) is 13.2 Å². The first-order chi connectivity index (χ1) is 19.1. The minimum atomic E-state index is -4.57. The molecule has 214 valence electrons. The van der Waals surface area contributed by atoms with Gasteiger partial charge in [0.15, 0.2) is 0 Å². The Bertz CT molecular complexity index is 1420. The van der Waals surface area contributed by atoms with E-state index < -0.39 is 48.7 Å². The van der Waals surface area contributed by atoms with Gasteiger partial charge in [0.05, 0.1) is 25.3 Å². The van der Waals surface area contributed by atoms with Gasteiger partial charge in [-0.05, 0) is 63.8 Å². The zero-order chi connectivity index (χ0) is 28.6. The SMILES string of the molecule is C[C@@H]1Cc2c([nH]c3cc(C#CSI)ccc23)[C@@H](c2c(F)cc(NC3CN(CCCF)C3)cc2F)N1CC(F)(F)F. The summed E-state index contributed by atoms with van der Waals surface area (Å²) in [6, 6.07) is 5.79. The number of aromatic amines is 1. The Hall–Kier alpha value is -2.08. The van der Waals surface area contributed by atoms with Gasteiger partial charge in [-0.3, -0.25) is 14.2 Å². The highest BCUT2D eigenvalue weighted by atomic mass is 127. The van der Waals surface area contributed by atoms with Gasteiger partial charge in [0, 0.05) is 80.3 Å². The molecule has 3 aromatic rings. The number of anilines is 1. The molecule has 12 heteroatoms. The van der Waals surface area contributed by atoms with Gasteiger partial charge in [-0.1, -0.05) is 12.0 Å². The summed E-state index contributed by atoms with van der Waals surface area (Å²) in [6.45, 7) is 1.78. The van der Waals surface area contributed by atoms with Crippen LogP contribution in [0.1, 0.15) is 41.8 Å². The highest BCUT2D eigenvalue weighted by Crippen LogP contribution is 2.44. The Balaban J connectivity index is 1.52. The van der Waals surface area contributed by atoms with Crippen LogP contribution in [0.2, 0.25) is 0 Å². The predicted octanol–water partition coefficient (Wildman–Crippen LogP) is 7.19. The third-order valence-electron chi connectivity index (χ3n) is 7.49. The van der Waals surface area contributed by atoms with Crippen molar-refractivity contribution in [3.05, 3.63) is 64.4 Å². The van der Waals surface area contributed by atoms with E-state index in [1.54, 1.807) is 13.0 Å². The molecular weight excluding hydrogens is 665 g/mol. The van der Waals surface area contributed by atoms with Crippen LogP contribution in [0.4, 0.5) is 32.0 Å². The summed E-state index contributed by atoms with van der Waals surface area (Å²) in [6.07, 6.45) is -3.84. The molecule has 2 aromatic carbocycles. The average molecular weight is 693 g/mol. The lowest BCUT2D eigenvalue weighted by molar-refractivity contribution is -0.155. The number of hydrogen-bond donors (Lipinski definition) is 2. The van der Waals surface area contributed by atoms with Gasteiger partial charge in [-0.15, -0.1) is 0 Å². The second-order valence-electron chi connectivity index (χ2n) is 10.3. The molecule has 2 aliphatic heterocycles. The lowest BCUT2D eigenvalue weighted by Gasteiger charge is -2.41. The fourth-order valence-corrected chi connectivity index (χ4v) is 6.26. The highest BCUT2D eigenvalue weighted by Gasteiger charge is 2.44. The number of rotatable bonds is 7. The van der Waals surface area contributed by atoms with Crippen molar-refractivity contribution in [2.24, 2.45) is 0 Å². The van der Waals surface area contributed by atoms with Gasteiger partial charge < -0.3 is 10.3 Å². The molecule has 5 rings (SSSR count). The molecular formula is C28H27F6IN4S. The maximum Gasteiger partial charge on any atom is 0.401 e. The van der Waals surface area contributed by atoms with E-state index in [1.165, 1.54) is 8.93 Å². The lowest BCUT2D eigenvalue weighted by Crippen LogP contribution is -2.54. The number of likely N-dealkylation sites (tertiary alicyclic amines) is 1. The second-order valence-corrected chi connectivity index (χ2v) is 12.0. The van der Waals surface area contributed by atoms with Crippen molar-refractivity contribution in [2.75, 3.05) is 38.2 Å². The van der Waals surface area contributed by atoms with E-state index in [9.17, 15) is 17.6 Å². The zero-order valence-corrected chi connectivity index (χ0v) is 24.5. The van der Waals surface area contributed by atoms with E-state index in [0.29, 0.717) is 43.7 Å². The van der Waals surface area contributed by atoms with E-state index in [2.05, 4.69) is 42.7 Å². The van der Waals surface area contributed by atoms with Crippen molar-refractivity contribution < 1.29 is 26.3 Å². The number of halogens is 7. The predicted molar refractivity (Wildman–Crippen MR) is 155 cm³/mol. The van der Waals surface area contributed by atoms with Crippen LogP contribution < -0.4 is 5.32 Å². The first-order valence-corrected chi connectivity index (χ1v) is 16.2. The molecule has 40 heavy (non-hydrogen) atoms. The average Bonchev–Trinajstić information content (AvgIpc) is 3.21. The van der Waals surface area contributed by atoms with Crippen molar-refractivity contribution in [2.45, 2.75) is 44.1 Å². The fourth-order valence-electron chi connectivity index (χ4n) is 5.77. The van der Waals surface area contributed by atoms with Gasteiger partial charge in [-0.25, -0.2) is 8.78 Å². The van der Waals surface area contributed by atoms with E-state index in [-0.39, 0.29) is 11.7 Å². The Morgan fingerprint density at radius 3 is 2.52 bits per heavy atom. The van der Waals surface area contributed by atoms with Gasteiger partial charge >= 0.3 is 6.18 Å². The van der Waals surface area contributed by atoms with E-state index in [1.807, 2.05) is 17.0 Å². The summed E-state index contributed by atoms with van der Waals surface area (Å²) in [7, 11) is 1.33. The van der Waals surface area contributed by atoms with Gasteiger partial charge in [0.25, 0.3) is 0 Å². The van der Waals surface area contributed by atoms with E-state index >= 15 is 8.78 Å². The molecule has 0 amide bonds. The molecule has 0 aliphatic carbocycles. The summed E-state index contributed by atoms with van der Waals surface area (Å²) in [5.74, 6) is 1.16. The van der Waals surface area contributed by atoms with Crippen LogP contribution in [-0.2, 0) is 6.42 Å². The van der Waals surface area contributed by atoms with Crippen LogP contribution in [0.3, 0.4) is 0 Å². The molecule has 0 spiro atoms. The largest absolute Gasteiger partial charge is 0.401 e. The van der Waals surface area contributed by atoms with Crippen LogP contribution in [-0.4, -0.2) is 65.9 Å². The van der Waals surface area contributed by atoms with Crippen LogP contribution in [0, 0.1) is 22.8 Å². The number of nitrogens with zero attached hydrogens (tertiary/aromatic N) is 2. The maximum atomic E-state index is 15.7. The van der Waals surface area contributed by atoms with E-state index in [0.717, 1.165) is 33.5 Å². The van der Waals surface area contributed by atoms with Crippen molar-refractivity contribution in [3.8, 4) is 11.2 Å². The first-order valence-electron chi connectivity index (χ1n) is 12.9. The molecule has 0 bridgehead atoms. The van der Waals surface area contributed by atoms with Crippen LogP contribution in [0.25, 0.3) is 10.9 Å². The molecule has 4 nitrogen and oxygen atoms in total. The first kappa shape index (κ1) is 29.4. The summed E-state index contributed by atoms with van der Waals surface area (Å²) < 4.78 is 85.0. The number of aromatic nitrogens is 1. The molecule has 1 fully saturated rings. The lowest BCUT2D eigenvalue weighted by atomic mass is 9.88. The maximum absolute atomic E-state index is 15.7. The topological polar surface area (TPSA) is 34.3 Å². The summed E-state index contributed by atoms with van der Waals surface area (Å²) in [4.78, 5) is 6.35. The molecule has 3 heterocycles. The Kier molecular flexibility index (Phi) is 8.85. The number of benzene rings is 2. The summed E-state index contributed by atoms with van der Waals surface area (Å²) >= 11 is 2.06. The zero-order valence-electron chi connectivity index (χ0n) is 21.5. The molecule has 1 saturated heterocycles. The molecule has 2 N–H and O–H groups in total. The third-order valence-corrected chi connectivity index (χ3v) is 8.33. The normalized spacial score (nSPS) is 20.2. The molecule has 0 radical (unpaired) electrons. The van der Waals surface area contributed by atoms with Crippen molar-refractivity contribution in [1.82, 2.24) is 14.8 Å². The highest BCUT2D eigenvalue weighted by molar-refractivity contribution is 14.2. The minimum Gasteiger partial charge on any atom is -0.380 e. The van der Waals surface area contributed by atoms with E-state index in [4.69, 9.17) is 0 Å². The molecule has 0 saturated carbocycles. The Morgan fingerprint density at radius 1 is 1.15 bits per heavy atom. The Labute approximate surface area is 244 Å². The summed E-state index contributed by atoms with van der Waals surface area (Å²) in [5, 5.41) is 6.79. The van der Waals surface area contributed by atoms with Crippen LogP contribution in [0.5, 0.6) is 0 Å². The number of nitrogens with one attached hydrogen (secondary N) is 2. The van der Waals surface area contributed by atoms with Crippen molar-refractivity contribution in [1.29, 1.82) is 0 Å². The minimum absolute atomic E-state index is 0.0519.